The van der Waals surface area contributed by atoms with Crippen molar-refractivity contribution in [3.63, 3.8) is 0 Å². The second-order valence-electron chi connectivity index (χ2n) is 4.36. The van der Waals surface area contributed by atoms with Crippen molar-refractivity contribution in [3.8, 4) is 0 Å². The topological polar surface area (TPSA) is 12.0 Å². The van der Waals surface area contributed by atoms with E-state index in [4.69, 9.17) is 0 Å². The van der Waals surface area contributed by atoms with Crippen LogP contribution in [0.2, 0.25) is 0 Å². The first-order valence-electron chi connectivity index (χ1n) is 5.22. The smallest absolute Gasteiger partial charge is 0.0451 e. The zero-order valence-corrected chi connectivity index (χ0v) is 8.52. The van der Waals surface area contributed by atoms with Crippen LogP contribution in [0.5, 0.6) is 0 Å². The van der Waals surface area contributed by atoms with Crippen LogP contribution in [0.3, 0.4) is 0 Å². The molecule has 1 N–H and O–H groups in total. The van der Waals surface area contributed by atoms with E-state index in [2.05, 4.69) is 22.1 Å². The minimum absolute atomic E-state index is 0.801. The van der Waals surface area contributed by atoms with Crippen molar-refractivity contribution in [3.05, 3.63) is 16.8 Å². The molecule has 2 aliphatic rings. The van der Waals surface area contributed by atoms with Crippen molar-refractivity contribution in [1.29, 1.82) is 0 Å². The van der Waals surface area contributed by atoms with Gasteiger partial charge in [-0.3, -0.25) is 0 Å². The molecule has 2 saturated carbocycles. The molecule has 3 rings (SSSR count). The zero-order valence-electron chi connectivity index (χ0n) is 7.70. The Labute approximate surface area is 83.2 Å². The van der Waals surface area contributed by atoms with Crippen molar-refractivity contribution in [2.24, 2.45) is 11.8 Å². The first kappa shape index (κ1) is 7.86. The van der Waals surface area contributed by atoms with Gasteiger partial charge in [-0.15, -0.1) is 0 Å². The van der Waals surface area contributed by atoms with Gasteiger partial charge in [-0.2, -0.15) is 11.3 Å². The molecule has 0 bridgehead atoms. The molecule has 0 spiro atoms. The lowest BCUT2D eigenvalue weighted by Gasteiger charge is -2.17. The first-order valence-corrected chi connectivity index (χ1v) is 6.16. The number of thiophene rings is 1. The molecule has 0 amide bonds. The van der Waals surface area contributed by atoms with Crippen LogP contribution in [-0.2, 0) is 0 Å². The number of rotatable bonds is 4. The summed E-state index contributed by atoms with van der Waals surface area (Å²) in [4.78, 5) is 0. The Morgan fingerprint density at radius 3 is 2.38 bits per heavy atom. The maximum Gasteiger partial charge on any atom is 0.0451 e. The Kier molecular flexibility index (Phi) is 1.82. The highest BCUT2D eigenvalue weighted by Gasteiger charge is 2.41. The molecule has 2 heteroatoms. The van der Waals surface area contributed by atoms with Gasteiger partial charge in [0, 0.05) is 17.1 Å². The predicted octanol–water partition coefficient (Wildman–Crippen LogP) is 3.35. The monoisotopic (exact) mass is 193 g/mol. The van der Waals surface area contributed by atoms with Crippen LogP contribution < -0.4 is 5.32 Å². The summed E-state index contributed by atoms with van der Waals surface area (Å²) in [5.41, 5.74) is 1.34. The lowest BCUT2D eigenvalue weighted by atomic mass is 10.1. The normalized spacial score (nSPS) is 22.2. The summed E-state index contributed by atoms with van der Waals surface area (Å²) in [6.45, 7) is 0. The molecule has 0 radical (unpaired) electrons. The van der Waals surface area contributed by atoms with Gasteiger partial charge in [0.15, 0.2) is 0 Å². The van der Waals surface area contributed by atoms with Crippen LogP contribution in [0.25, 0.3) is 0 Å². The Morgan fingerprint density at radius 1 is 1.23 bits per heavy atom. The largest absolute Gasteiger partial charge is 0.381 e. The number of anilines is 1. The van der Waals surface area contributed by atoms with Gasteiger partial charge in [-0.05, 0) is 49.0 Å². The highest BCUT2D eigenvalue weighted by atomic mass is 32.1. The van der Waals surface area contributed by atoms with Gasteiger partial charge in [-0.25, -0.2) is 0 Å². The quantitative estimate of drug-likeness (QED) is 0.773. The van der Waals surface area contributed by atoms with Gasteiger partial charge in [0.25, 0.3) is 0 Å². The fourth-order valence-corrected chi connectivity index (χ4v) is 2.67. The highest BCUT2D eigenvalue weighted by molar-refractivity contribution is 7.08. The highest BCUT2D eigenvalue weighted by Crippen LogP contribution is 2.45. The van der Waals surface area contributed by atoms with Gasteiger partial charge in [0.05, 0.1) is 0 Å². The summed E-state index contributed by atoms with van der Waals surface area (Å²) < 4.78 is 0. The molecular formula is C11H15NS. The Hall–Kier alpha value is -0.500. The molecular weight excluding hydrogens is 178 g/mol. The van der Waals surface area contributed by atoms with Crippen molar-refractivity contribution < 1.29 is 0 Å². The zero-order chi connectivity index (χ0) is 8.67. The molecule has 1 heterocycles. The molecule has 13 heavy (non-hydrogen) atoms. The van der Waals surface area contributed by atoms with E-state index in [1.165, 1.54) is 31.4 Å². The lowest BCUT2D eigenvalue weighted by Crippen LogP contribution is -2.23. The SMILES string of the molecule is c1cc(NC(C2CC2)C2CC2)cs1. The molecule has 2 fully saturated rings. The van der Waals surface area contributed by atoms with Gasteiger partial charge in [0.2, 0.25) is 0 Å². The van der Waals surface area contributed by atoms with E-state index in [-0.39, 0.29) is 0 Å². The summed E-state index contributed by atoms with van der Waals surface area (Å²) >= 11 is 1.78. The standard InChI is InChI=1S/C11H15NS/c1-2-8(1)11(9-3-4-9)12-10-5-6-13-7-10/h5-9,11-12H,1-4H2. The van der Waals surface area contributed by atoms with Gasteiger partial charge >= 0.3 is 0 Å². The Balaban J connectivity index is 1.67. The number of nitrogens with one attached hydrogen (secondary N) is 1. The number of hydrogen-bond acceptors (Lipinski definition) is 2. The molecule has 70 valence electrons. The fraction of sp³-hybridized carbons (Fsp3) is 0.636. The van der Waals surface area contributed by atoms with Crippen molar-refractivity contribution >= 4 is 17.0 Å². The summed E-state index contributed by atoms with van der Waals surface area (Å²) in [5.74, 6) is 1.99. The van der Waals surface area contributed by atoms with E-state index in [1.54, 1.807) is 11.3 Å². The van der Waals surface area contributed by atoms with E-state index in [9.17, 15) is 0 Å². The second kappa shape index (κ2) is 3.02. The van der Waals surface area contributed by atoms with Gasteiger partial charge < -0.3 is 5.32 Å². The third-order valence-corrected chi connectivity index (χ3v) is 3.80. The summed E-state index contributed by atoms with van der Waals surface area (Å²) in [5, 5.41) is 8.07. The lowest BCUT2D eigenvalue weighted by molar-refractivity contribution is 0.568. The maximum absolute atomic E-state index is 3.69. The minimum Gasteiger partial charge on any atom is -0.381 e. The predicted molar refractivity (Wildman–Crippen MR) is 57.2 cm³/mol. The van der Waals surface area contributed by atoms with Crippen LogP contribution >= 0.6 is 11.3 Å². The van der Waals surface area contributed by atoms with Crippen molar-refractivity contribution in [2.45, 2.75) is 31.7 Å². The number of hydrogen-bond donors (Lipinski definition) is 1. The molecule has 0 aromatic carbocycles. The Bertz CT molecular complexity index is 260. The molecule has 1 aromatic heterocycles. The maximum atomic E-state index is 3.69. The van der Waals surface area contributed by atoms with Crippen LogP contribution in [0.4, 0.5) is 5.69 Å². The third kappa shape index (κ3) is 1.73. The first-order chi connectivity index (χ1) is 6.43. The molecule has 1 aromatic rings. The molecule has 2 aliphatic carbocycles. The fourth-order valence-electron chi connectivity index (χ4n) is 2.07. The van der Waals surface area contributed by atoms with E-state index in [1.807, 2.05) is 0 Å². The average Bonchev–Trinajstić information content (AvgIpc) is 3.04. The van der Waals surface area contributed by atoms with E-state index in [0.717, 1.165) is 17.9 Å². The molecule has 0 saturated heterocycles. The average molecular weight is 193 g/mol. The van der Waals surface area contributed by atoms with Crippen LogP contribution in [0.15, 0.2) is 16.8 Å². The molecule has 0 atom stereocenters. The van der Waals surface area contributed by atoms with Gasteiger partial charge in [-0.1, -0.05) is 0 Å². The van der Waals surface area contributed by atoms with Crippen LogP contribution in [0, 0.1) is 11.8 Å². The summed E-state index contributed by atoms with van der Waals surface area (Å²) in [7, 11) is 0. The van der Waals surface area contributed by atoms with Gasteiger partial charge in [0.1, 0.15) is 0 Å². The van der Waals surface area contributed by atoms with E-state index < -0.39 is 0 Å². The van der Waals surface area contributed by atoms with E-state index >= 15 is 0 Å². The van der Waals surface area contributed by atoms with Crippen molar-refractivity contribution in [2.75, 3.05) is 5.32 Å². The van der Waals surface area contributed by atoms with Crippen LogP contribution in [-0.4, -0.2) is 6.04 Å². The second-order valence-corrected chi connectivity index (χ2v) is 5.14. The summed E-state index contributed by atoms with van der Waals surface area (Å²) in [6, 6.07) is 3.00. The van der Waals surface area contributed by atoms with Crippen molar-refractivity contribution in [1.82, 2.24) is 0 Å². The molecule has 0 aliphatic heterocycles. The van der Waals surface area contributed by atoms with E-state index in [0.29, 0.717) is 0 Å². The molecule has 0 unspecified atom stereocenters. The third-order valence-electron chi connectivity index (χ3n) is 3.11. The summed E-state index contributed by atoms with van der Waals surface area (Å²) in [6.07, 6.45) is 5.83. The minimum atomic E-state index is 0.801. The Morgan fingerprint density at radius 2 is 1.92 bits per heavy atom. The van der Waals surface area contributed by atoms with Crippen LogP contribution in [0.1, 0.15) is 25.7 Å². The molecule has 1 nitrogen and oxygen atoms in total.